The molecule has 1 heterocycles. The van der Waals surface area contributed by atoms with Crippen molar-refractivity contribution in [2.45, 2.75) is 31.2 Å². The SMILES string of the molecule is C=CC1C(COC(=O)c2ccc(O)c(OC)c2)OC(Oc2ccc(CO)cc2OC)C(O)C1O. The number of carbonyl (C=O) groups is 1. The summed E-state index contributed by atoms with van der Waals surface area (Å²) in [5.74, 6) is -0.951. The van der Waals surface area contributed by atoms with E-state index in [1.807, 2.05) is 0 Å². The lowest BCUT2D eigenvalue weighted by Crippen LogP contribution is -2.57. The van der Waals surface area contributed by atoms with Crippen LogP contribution in [-0.2, 0) is 16.1 Å². The van der Waals surface area contributed by atoms with E-state index in [0.29, 0.717) is 11.3 Å². The Hall–Kier alpha value is -3.31. The summed E-state index contributed by atoms with van der Waals surface area (Å²) in [7, 11) is 2.78. The molecule has 0 aliphatic carbocycles. The molecule has 34 heavy (non-hydrogen) atoms. The van der Waals surface area contributed by atoms with Gasteiger partial charge in [0, 0.05) is 5.92 Å². The van der Waals surface area contributed by atoms with Crippen molar-refractivity contribution in [2.24, 2.45) is 5.92 Å². The van der Waals surface area contributed by atoms with Gasteiger partial charge in [-0.3, -0.25) is 0 Å². The van der Waals surface area contributed by atoms with Gasteiger partial charge in [-0.25, -0.2) is 4.79 Å². The molecule has 1 aliphatic rings. The third-order valence-corrected chi connectivity index (χ3v) is 5.48. The largest absolute Gasteiger partial charge is 0.504 e. The summed E-state index contributed by atoms with van der Waals surface area (Å²) in [6.45, 7) is 3.20. The second-order valence-electron chi connectivity index (χ2n) is 7.58. The quantitative estimate of drug-likeness (QED) is 0.309. The monoisotopic (exact) mass is 476 g/mol. The lowest BCUT2D eigenvalue weighted by molar-refractivity contribution is -0.256. The van der Waals surface area contributed by atoms with E-state index in [0.717, 1.165) is 0 Å². The Morgan fingerprint density at radius 2 is 1.79 bits per heavy atom. The molecular weight excluding hydrogens is 448 g/mol. The van der Waals surface area contributed by atoms with Crippen molar-refractivity contribution in [3.05, 3.63) is 60.2 Å². The van der Waals surface area contributed by atoms with Crippen molar-refractivity contribution in [3.8, 4) is 23.0 Å². The molecule has 0 bridgehead atoms. The molecule has 0 aromatic heterocycles. The van der Waals surface area contributed by atoms with Gasteiger partial charge in [-0.05, 0) is 35.9 Å². The van der Waals surface area contributed by atoms with Crippen LogP contribution in [0.15, 0.2) is 49.1 Å². The maximum Gasteiger partial charge on any atom is 0.338 e. The Bertz CT molecular complexity index is 1010. The summed E-state index contributed by atoms with van der Waals surface area (Å²) in [5.41, 5.74) is 0.736. The Morgan fingerprint density at radius 1 is 1.06 bits per heavy atom. The third-order valence-electron chi connectivity index (χ3n) is 5.48. The van der Waals surface area contributed by atoms with Crippen LogP contribution in [0.4, 0.5) is 0 Å². The fraction of sp³-hybridized carbons (Fsp3) is 0.375. The predicted octanol–water partition coefficient (Wildman–Crippen LogP) is 1.39. The molecule has 2 aromatic rings. The van der Waals surface area contributed by atoms with E-state index in [9.17, 15) is 25.2 Å². The van der Waals surface area contributed by atoms with E-state index in [1.54, 1.807) is 18.2 Å². The average Bonchev–Trinajstić information content (AvgIpc) is 2.85. The number of benzene rings is 2. The minimum Gasteiger partial charge on any atom is -0.504 e. The second-order valence-corrected chi connectivity index (χ2v) is 7.58. The lowest BCUT2D eigenvalue weighted by atomic mass is 9.89. The normalized spacial score (nSPS) is 24.2. The molecule has 0 spiro atoms. The van der Waals surface area contributed by atoms with Crippen LogP contribution in [0.2, 0.25) is 0 Å². The van der Waals surface area contributed by atoms with Crippen LogP contribution in [-0.4, -0.2) is 71.8 Å². The van der Waals surface area contributed by atoms with Gasteiger partial charge in [0.25, 0.3) is 0 Å². The van der Waals surface area contributed by atoms with Crippen LogP contribution in [0.5, 0.6) is 23.0 Å². The van der Waals surface area contributed by atoms with E-state index >= 15 is 0 Å². The highest BCUT2D eigenvalue weighted by Crippen LogP contribution is 2.34. The molecule has 3 rings (SSSR count). The number of esters is 1. The summed E-state index contributed by atoms with van der Waals surface area (Å²) in [6, 6.07) is 8.73. The molecule has 10 heteroatoms. The van der Waals surface area contributed by atoms with Crippen LogP contribution < -0.4 is 14.2 Å². The number of methoxy groups -OCH3 is 2. The summed E-state index contributed by atoms with van der Waals surface area (Å²) >= 11 is 0. The molecule has 0 saturated carbocycles. The van der Waals surface area contributed by atoms with Gasteiger partial charge in [-0.15, -0.1) is 6.58 Å². The van der Waals surface area contributed by atoms with Gasteiger partial charge in [0.05, 0.1) is 32.5 Å². The number of phenols is 1. The van der Waals surface area contributed by atoms with Gasteiger partial charge >= 0.3 is 5.97 Å². The van der Waals surface area contributed by atoms with Crippen molar-refractivity contribution < 1.29 is 48.9 Å². The number of aliphatic hydroxyl groups excluding tert-OH is 3. The summed E-state index contributed by atoms with van der Waals surface area (Å²) in [5, 5.41) is 40.2. The Balaban J connectivity index is 1.74. The molecule has 1 aliphatic heterocycles. The van der Waals surface area contributed by atoms with Crippen LogP contribution in [0.1, 0.15) is 15.9 Å². The van der Waals surface area contributed by atoms with Crippen molar-refractivity contribution in [1.29, 1.82) is 0 Å². The molecule has 5 atom stereocenters. The highest BCUT2D eigenvalue weighted by Gasteiger charge is 2.45. The van der Waals surface area contributed by atoms with Crippen molar-refractivity contribution in [1.82, 2.24) is 0 Å². The van der Waals surface area contributed by atoms with Crippen LogP contribution >= 0.6 is 0 Å². The standard InChI is InChI=1S/C24H28O10/c1-4-15-20(12-32-23(29)14-6-7-16(26)18(10-14)30-2)34-24(22(28)21(15)27)33-17-8-5-13(11-25)9-19(17)31-3/h4-10,15,20-22,24-28H,1,11-12H2,2-3H3. The van der Waals surface area contributed by atoms with Crippen LogP contribution in [0, 0.1) is 5.92 Å². The van der Waals surface area contributed by atoms with E-state index < -0.39 is 36.5 Å². The van der Waals surface area contributed by atoms with Gasteiger partial charge in [-0.2, -0.15) is 0 Å². The topological polar surface area (TPSA) is 144 Å². The fourth-order valence-corrected chi connectivity index (χ4v) is 3.57. The maximum absolute atomic E-state index is 12.5. The molecule has 10 nitrogen and oxygen atoms in total. The van der Waals surface area contributed by atoms with Gasteiger partial charge in [0.2, 0.25) is 6.29 Å². The van der Waals surface area contributed by atoms with Gasteiger partial charge in [-0.1, -0.05) is 12.1 Å². The van der Waals surface area contributed by atoms with Crippen molar-refractivity contribution in [2.75, 3.05) is 20.8 Å². The third kappa shape index (κ3) is 5.42. The van der Waals surface area contributed by atoms with Crippen LogP contribution in [0.3, 0.4) is 0 Å². The minimum atomic E-state index is -1.43. The van der Waals surface area contributed by atoms with E-state index in [4.69, 9.17) is 23.7 Å². The van der Waals surface area contributed by atoms with E-state index in [-0.39, 0.29) is 36.0 Å². The van der Waals surface area contributed by atoms with Gasteiger partial charge in [0.15, 0.2) is 23.0 Å². The molecule has 184 valence electrons. The first kappa shape index (κ1) is 25.3. The number of aliphatic hydroxyl groups is 3. The summed E-state index contributed by atoms with van der Waals surface area (Å²) < 4.78 is 27.2. The zero-order chi connectivity index (χ0) is 24.8. The molecule has 0 amide bonds. The zero-order valence-electron chi connectivity index (χ0n) is 18.8. The van der Waals surface area contributed by atoms with Gasteiger partial charge < -0.3 is 44.1 Å². The first-order chi connectivity index (χ1) is 16.3. The number of carbonyl (C=O) groups excluding carboxylic acids is 1. The lowest BCUT2D eigenvalue weighted by Gasteiger charge is -2.41. The van der Waals surface area contributed by atoms with Crippen molar-refractivity contribution >= 4 is 5.97 Å². The number of hydrogen-bond donors (Lipinski definition) is 4. The first-order valence-electron chi connectivity index (χ1n) is 10.5. The van der Waals surface area contributed by atoms with Crippen LogP contribution in [0.25, 0.3) is 0 Å². The number of rotatable bonds is 9. The molecule has 2 aromatic carbocycles. The highest BCUT2D eigenvalue weighted by atomic mass is 16.7. The average molecular weight is 476 g/mol. The molecule has 0 radical (unpaired) electrons. The number of ether oxygens (including phenoxy) is 5. The molecule has 1 fully saturated rings. The Kier molecular flexibility index (Phi) is 8.35. The second kappa shape index (κ2) is 11.2. The van der Waals surface area contributed by atoms with E-state index in [2.05, 4.69) is 6.58 Å². The van der Waals surface area contributed by atoms with Gasteiger partial charge in [0.1, 0.15) is 18.8 Å². The number of hydrogen-bond acceptors (Lipinski definition) is 10. The first-order valence-corrected chi connectivity index (χ1v) is 10.5. The number of phenolic OH excluding ortho intramolecular Hbond substituents is 1. The molecule has 5 unspecified atom stereocenters. The summed E-state index contributed by atoms with van der Waals surface area (Å²) in [6.07, 6.45) is -3.53. The van der Waals surface area contributed by atoms with Crippen molar-refractivity contribution in [3.63, 3.8) is 0 Å². The highest BCUT2D eigenvalue weighted by molar-refractivity contribution is 5.90. The fourth-order valence-electron chi connectivity index (χ4n) is 3.57. The molecule has 4 N–H and O–H groups in total. The zero-order valence-corrected chi connectivity index (χ0v) is 18.8. The number of aromatic hydroxyl groups is 1. The Labute approximate surface area is 196 Å². The van der Waals surface area contributed by atoms with E-state index in [1.165, 1.54) is 38.5 Å². The predicted molar refractivity (Wildman–Crippen MR) is 119 cm³/mol. The summed E-state index contributed by atoms with van der Waals surface area (Å²) in [4.78, 5) is 12.5. The smallest absolute Gasteiger partial charge is 0.338 e. The molecule has 1 saturated heterocycles. The Morgan fingerprint density at radius 3 is 2.44 bits per heavy atom. The maximum atomic E-state index is 12.5. The minimum absolute atomic E-state index is 0.112. The molecular formula is C24H28O10.